The zero-order valence-corrected chi connectivity index (χ0v) is 11.2. The van der Waals surface area contributed by atoms with Gasteiger partial charge in [-0.25, -0.2) is 4.79 Å². The first-order valence-corrected chi connectivity index (χ1v) is 6.48. The van der Waals surface area contributed by atoms with Gasteiger partial charge in [0, 0.05) is 6.54 Å². The highest BCUT2D eigenvalue weighted by atomic mass is 16.6. The predicted molar refractivity (Wildman–Crippen MR) is 66.7 cm³/mol. The summed E-state index contributed by atoms with van der Waals surface area (Å²) >= 11 is 0. The van der Waals surface area contributed by atoms with Crippen molar-refractivity contribution in [2.75, 3.05) is 6.54 Å². The van der Waals surface area contributed by atoms with Crippen LogP contribution in [0.15, 0.2) is 0 Å². The van der Waals surface area contributed by atoms with Crippen LogP contribution in [0.5, 0.6) is 0 Å². The number of carboxylic acids is 2. The normalized spacial score (nSPS) is 14.3. The molecule has 0 amide bonds. The second-order valence-electron chi connectivity index (χ2n) is 4.58. The number of rotatable bonds is 11. The van der Waals surface area contributed by atoms with Crippen LogP contribution in [-0.4, -0.2) is 49.8 Å². The lowest BCUT2D eigenvalue weighted by Gasteiger charge is -2.29. The Kier molecular flexibility index (Phi) is 8.29. The van der Waals surface area contributed by atoms with Gasteiger partial charge >= 0.3 is 11.9 Å². The molecule has 0 aliphatic rings. The van der Waals surface area contributed by atoms with Gasteiger partial charge in [-0.3, -0.25) is 4.79 Å². The van der Waals surface area contributed by atoms with Crippen LogP contribution in [0.2, 0.25) is 0 Å². The molecule has 0 aliphatic carbocycles. The minimum atomic E-state index is -2.77. The zero-order valence-electron chi connectivity index (χ0n) is 11.2. The van der Waals surface area contributed by atoms with E-state index in [0.29, 0.717) is 6.42 Å². The topological polar surface area (TPSA) is 118 Å². The fraction of sp³-hybridized carbons (Fsp3) is 0.833. The number of nitrogens with zero attached hydrogens (tertiary/aromatic N) is 1. The Labute approximate surface area is 112 Å². The SMILES string of the molecule is CCCCCCCCN(O)[C@@](O)(CC(=O)O)C(=O)O. The number of aliphatic carboxylic acids is 2. The summed E-state index contributed by atoms with van der Waals surface area (Å²) in [6.45, 7) is 2.01. The van der Waals surface area contributed by atoms with E-state index >= 15 is 0 Å². The van der Waals surface area contributed by atoms with Gasteiger partial charge in [0.05, 0.1) is 0 Å². The lowest BCUT2D eigenvalue weighted by molar-refractivity contribution is -0.265. The lowest BCUT2D eigenvalue weighted by Crippen LogP contribution is -2.54. The van der Waals surface area contributed by atoms with E-state index in [0.717, 1.165) is 32.1 Å². The van der Waals surface area contributed by atoms with Crippen molar-refractivity contribution in [1.82, 2.24) is 5.06 Å². The number of carbonyl (C=O) groups is 2. The Balaban J connectivity index is 4.16. The third-order valence-corrected chi connectivity index (χ3v) is 2.89. The molecule has 7 heteroatoms. The molecule has 0 aromatic heterocycles. The molecule has 0 aromatic rings. The van der Waals surface area contributed by atoms with E-state index in [1.807, 2.05) is 0 Å². The number of unbranched alkanes of at least 4 members (excludes halogenated alkanes) is 5. The van der Waals surface area contributed by atoms with Gasteiger partial charge < -0.3 is 20.5 Å². The quantitative estimate of drug-likeness (QED) is 0.255. The third kappa shape index (κ3) is 6.51. The van der Waals surface area contributed by atoms with Gasteiger partial charge in [-0.1, -0.05) is 39.0 Å². The maximum absolute atomic E-state index is 10.9. The molecule has 7 nitrogen and oxygen atoms in total. The largest absolute Gasteiger partial charge is 0.481 e. The predicted octanol–water partition coefficient (Wildman–Crippen LogP) is 1.29. The van der Waals surface area contributed by atoms with Crippen molar-refractivity contribution in [3.8, 4) is 0 Å². The van der Waals surface area contributed by atoms with E-state index < -0.39 is 24.1 Å². The molecule has 0 saturated carbocycles. The molecule has 0 spiro atoms. The number of carboxylic acid groups (broad SMARTS) is 2. The van der Waals surface area contributed by atoms with Crippen molar-refractivity contribution in [3.63, 3.8) is 0 Å². The fourth-order valence-corrected chi connectivity index (χ4v) is 1.72. The second kappa shape index (κ2) is 8.84. The molecule has 0 aromatic carbocycles. The molecular weight excluding hydrogens is 254 g/mol. The van der Waals surface area contributed by atoms with E-state index in [-0.39, 0.29) is 11.6 Å². The monoisotopic (exact) mass is 277 g/mol. The minimum Gasteiger partial charge on any atom is -0.481 e. The van der Waals surface area contributed by atoms with E-state index in [4.69, 9.17) is 10.2 Å². The number of aliphatic hydroxyl groups is 1. The van der Waals surface area contributed by atoms with E-state index in [9.17, 15) is 19.9 Å². The van der Waals surface area contributed by atoms with Crippen molar-refractivity contribution >= 4 is 11.9 Å². The summed E-state index contributed by atoms with van der Waals surface area (Å²) in [7, 11) is 0. The highest BCUT2D eigenvalue weighted by Crippen LogP contribution is 2.17. The van der Waals surface area contributed by atoms with Gasteiger partial charge in [-0.15, -0.1) is 5.06 Å². The summed E-state index contributed by atoms with van der Waals surface area (Å²) < 4.78 is 0. The van der Waals surface area contributed by atoms with Gasteiger partial charge in [0.15, 0.2) is 0 Å². The van der Waals surface area contributed by atoms with Crippen molar-refractivity contribution in [2.45, 2.75) is 57.6 Å². The van der Waals surface area contributed by atoms with Crippen LogP contribution < -0.4 is 0 Å². The molecule has 0 heterocycles. The molecule has 0 rings (SSSR count). The lowest BCUT2D eigenvalue weighted by atomic mass is 10.1. The Morgan fingerprint density at radius 2 is 1.58 bits per heavy atom. The molecule has 0 radical (unpaired) electrons. The average molecular weight is 277 g/mol. The standard InChI is InChI=1S/C12H23NO6/c1-2-3-4-5-6-7-8-13(19)12(18,11(16)17)9-10(14)15/h18-19H,2-9H2,1H3,(H,14,15)(H,16,17)/t12-/m1/s1. The second-order valence-corrected chi connectivity index (χ2v) is 4.58. The Morgan fingerprint density at radius 3 is 2.05 bits per heavy atom. The average Bonchev–Trinajstić information content (AvgIpc) is 2.32. The van der Waals surface area contributed by atoms with Gasteiger partial charge in [0.25, 0.3) is 0 Å². The van der Waals surface area contributed by atoms with Gasteiger partial charge in [-0.05, 0) is 6.42 Å². The fourth-order valence-electron chi connectivity index (χ4n) is 1.72. The summed E-state index contributed by atoms with van der Waals surface area (Å²) in [5, 5.41) is 36.8. The molecule has 0 bridgehead atoms. The van der Waals surface area contributed by atoms with Crippen molar-refractivity contribution < 1.29 is 30.1 Å². The molecule has 0 aliphatic heterocycles. The van der Waals surface area contributed by atoms with Crippen LogP contribution in [-0.2, 0) is 9.59 Å². The van der Waals surface area contributed by atoms with Crippen LogP contribution in [0.4, 0.5) is 0 Å². The van der Waals surface area contributed by atoms with Crippen LogP contribution >= 0.6 is 0 Å². The maximum atomic E-state index is 10.9. The highest BCUT2D eigenvalue weighted by molar-refractivity contribution is 5.82. The summed E-state index contributed by atoms with van der Waals surface area (Å²) in [5.74, 6) is -3.27. The number of hydrogen-bond acceptors (Lipinski definition) is 5. The molecule has 112 valence electrons. The van der Waals surface area contributed by atoms with Crippen LogP contribution in [0.25, 0.3) is 0 Å². The molecule has 0 fully saturated rings. The van der Waals surface area contributed by atoms with Crippen molar-refractivity contribution in [3.05, 3.63) is 0 Å². The first-order valence-electron chi connectivity index (χ1n) is 6.48. The van der Waals surface area contributed by atoms with Gasteiger partial charge in [0.1, 0.15) is 6.42 Å². The van der Waals surface area contributed by atoms with E-state index in [1.54, 1.807) is 0 Å². The maximum Gasteiger partial charge on any atom is 0.354 e. The zero-order chi connectivity index (χ0) is 14.9. The van der Waals surface area contributed by atoms with Crippen LogP contribution in [0.3, 0.4) is 0 Å². The number of hydroxylamine groups is 2. The Hall–Kier alpha value is -1.18. The molecule has 1 atom stereocenters. The highest BCUT2D eigenvalue weighted by Gasteiger charge is 2.44. The summed E-state index contributed by atoms with van der Waals surface area (Å²) in [6, 6.07) is 0. The summed E-state index contributed by atoms with van der Waals surface area (Å²) in [6.07, 6.45) is 4.49. The Morgan fingerprint density at radius 1 is 1.05 bits per heavy atom. The molecule has 4 N–H and O–H groups in total. The molecule has 0 saturated heterocycles. The van der Waals surface area contributed by atoms with Crippen molar-refractivity contribution in [2.24, 2.45) is 0 Å². The molecular formula is C12H23NO6. The first kappa shape index (κ1) is 17.8. The third-order valence-electron chi connectivity index (χ3n) is 2.89. The first-order chi connectivity index (χ1) is 8.84. The van der Waals surface area contributed by atoms with Gasteiger partial charge in [0.2, 0.25) is 5.72 Å². The smallest absolute Gasteiger partial charge is 0.354 e. The van der Waals surface area contributed by atoms with Crippen molar-refractivity contribution in [1.29, 1.82) is 0 Å². The van der Waals surface area contributed by atoms with E-state index in [1.165, 1.54) is 0 Å². The van der Waals surface area contributed by atoms with Crippen LogP contribution in [0.1, 0.15) is 51.9 Å². The minimum absolute atomic E-state index is 0.0811. The molecule has 0 unspecified atom stereocenters. The Bertz CT molecular complexity index is 296. The van der Waals surface area contributed by atoms with Gasteiger partial charge in [-0.2, -0.15) is 0 Å². The summed E-state index contributed by atoms with van der Waals surface area (Å²) in [4.78, 5) is 21.4. The van der Waals surface area contributed by atoms with Crippen LogP contribution in [0, 0.1) is 0 Å². The van der Waals surface area contributed by atoms with E-state index in [2.05, 4.69) is 6.92 Å². The number of hydrogen-bond donors (Lipinski definition) is 4. The summed E-state index contributed by atoms with van der Waals surface area (Å²) in [5.41, 5.74) is -2.77. The molecule has 19 heavy (non-hydrogen) atoms.